The Hall–Kier alpha value is -3.22. The number of H-pyrrole nitrogens is 1. The summed E-state index contributed by atoms with van der Waals surface area (Å²) in [5.41, 5.74) is 2.88. The predicted octanol–water partition coefficient (Wildman–Crippen LogP) is 3.71. The van der Waals surface area contributed by atoms with E-state index in [1.165, 1.54) is 12.1 Å². The number of rotatable bonds is 8. The van der Waals surface area contributed by atoms with Gasteiger partial charge in [0.1, 0.15) is 5.82 Å². The highest BCUT2D eigenvalue weighted by molar-refractivity contribution is 5.83. The second kappa shape index (κ2) is 9.82. The third-order valence-electron chi connectivity index (χ3n) is 4.50. The van der Waals surface area contributed by atoms with E-state index >= 15 is 0 Å². The Morgan fingerprint density at radius 1 is 1.17 bits per heavy atom. The van der Waals surface area contributed by atoms with E-state index in [1.807, 2.05) is 26.1 Å². The maximum atomic E-state index is 13.3. The van der Waals surface area contributed by atoms with Gasteiger partial charge < -0.3 is 25.5 Å². The lowest BCUT2D eigenvalue weighted by Crippen LogP contribution is -2.38. The fourth-order valence-electron chi connectivity index (χ4n) is 3.12. The van der Waals surface area contributed by atoms with Gasteiger partial charge in [-0.05, 0) is 61.7 Å². The number of nitrogens with zero attached hydrogens (tertiary/aromatic N) is 1. The number of phenolic OH excluding ortho intramolecular Hbond substituents is 1. The van der Waals surface area contributed by atoms with Gasteiger partial charge in [-0.25, -0.2) is 9.38 Å². The van der Waals surface area contributed by atoms with E-state index in [-0.39, 0.29) is 11.6 Å². The van der Waals surface area contributed by atoms with Crippen LogP contribution < -0.4 is 15.4 Å². The van der Waals surface area contributed by atoms with Gasteiger partial charge in [0.05, 0.1) is 13.2 Å². The van der Waals surface area contributed by atoms with Crippen molar-refractivity contribution in [3.63, 3.8) is 0 Å². The number of ether oxygens (including phenoxy) is 1. The van der Waals surface area contributed by atoms with Gasteiger partial charge in [0, 0.05) is 30.2 Å². The van der Waals surface area contributed by atoms with Crippen molar-refractivity contribution in [2.75, 3.05) is 19.7 Å². The monoisotopic (exact) mass is 398 g/mol. The highest BCUT2D eigenvalue weighted by Gasteiger charge is 2.06. The largest absolute Gasteiger partial charge is 0.504 e. The molecule has 2 aromatic carbocycles. The molecule has 0 bridgehead atoms. The zero-order valence-corrected chi connectivity index (χ0v) is 16.8. The van der Waals surface area contributed by atoms with E-state index in [0.717, 1.165) is 35.0 Å². The second-order valence-electron chi connectivity index (χ2n) is 6.61. The summed E-state index contributed by atoms with van der Waals surface area (Å²) >= 11 is 0. The zero-order valence-electron chi connectivity index (χ0n) is 16.8. The third-order valence-corrected chi connectivity index (χ3v) is 4.50. The molecule has 0 spiro atoms. The summed E-state index contributed by atoms with van der Waals surface area (Å²) in [7, 11) is 0. The molecule has 0 atom stereocenters. The Kier molecular flexibility index (Phi) is 6.94. The number of aromatic hydroxyl groups is 1. The lowest BCUT2D eigenvalue weighted by atomic mass is 10.1. The van der Waals surface area contributed by atoms with Gasteiger partial charge >= 0.3 is 0 Å². The number of aromatic amines is 1. The minimum atomic E-state index is -0.243. The predicted molar refractivity (Wildman–Crippen MR) is 114 cm³/mol. The molecule has 7 heteroatoms. The van der Waals surface area contributed by atoms with Crippen LogP contribution in [0.3, 0.4) is 0 Å². The van der Waals surface area contributed by atoms with Crippen molar-refractivity contribution in [3.05, 3.63) is 59.5 Å². The van der Waals surface area contributed by atoms with E-state index in [1.54, 1.807) is 18.2 Å². The van der Waals surface area contributed by atoms with Crippen molar-refractivity contribution in [3.8, 4) is 11.5 Å². The van der Waals surface area contributed by atoms with Gasteiger partial charge in [0.2, 0.25) is 0 Å². The smallest absolute Gasteiger partial charge is 0.191 e. The molecule has 0 radical (unpaired) electrons. The van der Waals surface area contributed by atoms with Crippen LogP contribution in [0.2, 0.25) is 0 Å². The molecule has 4 N–H and O–H groups in total. The fourth-order valence-corrected chi connectivity index (χ4v) is 3.12. The molecule has 0 saturated heterocycles. The molecule has 1 aromatic heterocycles. The summed E-state index contributed by atoms with van der Waals surface area (Å²) in [6, 6.07) is 10.0. The van der Waals surface area contributed by atoms with Gasteiger partial charge in [-0.1, -0.05) is 6.07 Å². The van der Waals surface area contributed by atoms with Crippen LogP contribution in [0.4, 0.5) is 4.39 Å². The van der Waals surface area contributed by atoms with Gasteiger partial charge in [-0.15, -0.1) is 0 Å². The minimum absolute atomic E-state index is 0.128. The maximum Gasteiger partial charge on any atom is 0.191 e. The number of hydrogen-bond acceptors (Lipinski definition) is 3. The van der Waals surface area contributed by atoms with Crippen LogP contribution in [-0.4, -0.2) is 35.7 Å². The number of phenols is 1. The van der Waals surface area contributed by atoms with E-state index in [2.05, 4.69) is 20.6 Å². The van der Waals surface area contributed by atoms with Gasteiger partial charge in [-0.3, -0.25) is 0 Å². The Bertz CT molecular complexity index is 984. The lowest BCUT2D eigenvalue weighted by Gasteiger charge is -2.12. The van der Waals surface area contributed by atoms with Crippen LogP contribution in [-0.2, 0) is 13.0 Å². The number of halogens is 1. The topological polar surface area (TPSA) is 81.7 Å². The SMILES string of the molecule is CCNC(=NCc1ccc(O)c(OCC)c1)NCCc1c[nH]c2cc(F)ccc12. The van der Waals surface area contributed by atoms with Crippen LogP contribution in [0.1, 0.15) is 25.0 Å². The third kappa shape index (κ3) is 5.40. The van der Waals surface area contributed by atoms with Crippen molar-refractivity contribution in [1.82, 2.24) is 15.6 Å². The van der Waals surface area contributed by atoms with E-state index < -0.39 is 0 Å². The van der Waals surface area contributed by atoms with Crippen LogP contribution >= 0.6 is 0 Å². The average Bonchev–Trinajstić information content (AvgIpc) is 3.10. The highest BCUT2D eigenvalue weighted by atomic mass is 19.1. The number of benzene rings is 2. The molecule has 6 nitrogen and oxygen atoms in total. The Balaban J connectivity index is 1.61. The summed E-state index contributed by atoms with van der Waals surface area (Å²) in [5, 5.41) is 17.4. The van der Waals surface area contributed by atoms with Gasteiger partial charge in [0.15, 0.2) is 17.5 Å². The van der Waals surface area contributed by atoms with Crippen LogP contribution in [0.15, 0.2) is 47.6 Å². The molecule has 154 valence electrons. The first-order valence-corrected chi connectivity index (χ1v) is 9.83. The Morgan fingerprint density at radius 3 is 2.83 bits per heavy atom. The zero-order chi connectivity index (χ0) is 20.6. The molecule has 0 aliphatic carbocycles. The number of nitrogens with one attached hydrogen (secondary N) is 3. The average molecular weight is 398 g/mol. The van der Waals surface area contributed by atoms with Crippen LogP contribution in [0.25, 0.3) is 10.9 Å². The van der Waals surface area contributed by atoms with E-state index in [0.29, 0.717) is 31.4 Å². The molecular weight excluding hydrogens is 371 g/mol. The fraction of sp³-hybridized carbons (Fsp3) is 0.318. The molecule has 3 rings (SSSR count). The molecule has 0 aliphatic rings. The summed E-state index contributed by atoms with van der Waals surface area (Å²) < 4.78 is 18.7. The first-order chi connectivity index (χ1) is 14.1. The van der Waals surface area contributed by atoms with Crippen LogP contribution in [0.5, 0.6) is 11.5 Å². The summed E-state index contributed by atoms with van der Waals surface area (Å²) in [4.78, 5) is 7.72. The minimum Gasteiger partial charge on any atom is -0.504 e. The normalized spacial score (nSPS) is 11.6. The number of aromatic nitrogens is 1. The Morgan fingerprint density at radius 2 is 2.03 bits per heavy atom. The molecule has 0 saturated carbocycles. The quantitative estimate of drug-likeness (QED) is 0.344. The van der Waals surface area contributed by atoms with E-state index in [9.17, 15) is 9.50 Å². The first kappa shape index (κ1) is 20.5. The number of guanidine groups is 1. The van der Waals surface area contributed by atoms with Crippen molar-refractivity contribution in [2.45, 2.75) is 26.8 Å². The van der Waals surface area contributed by atoms with Crippen LogP contribution in [0, 0.1) is 5.82 Å². The second-order valence-corrected chi connectivity index (χ2v) is 6.61. The standard InChI is InChI=1S/C22H27FN4O2/c1-3-24-22(27-13-15-5-8-20(28)21(11-15)29-4-2)25-10-9-16-14-26-19-12-17(23)6-7-18(16)19/h5-8,11-12,14,26,28H,3-4,9-10,13H2,1-2H3,(H2,24,25,27). The van der Waals surface area contributed by atoms with Crippen molar-refractivity contribution >= 4 is 16.9 Å². The van der Waals surface area contributed by atoms with Gasteiger partial charge in [0.25, 0.3) is 0 Å². The lowest BCUT2D eigenvalue weighted by molar-refractivity contribution is 0.318. The number of aliphatic imine (C=N–C) groups is 1. The maximum absolute atomic E-state index is 13.3. The summed E-state index contributed by atoms with van der Waals surface area (Å²) in [6.45, 7) is 6.28. The number of hydrogen-bond donors (Lipinski definition) is 4. The van der Waals surface area contributed by atoms with Gasteiger partial charge in [-0.2, -0.15) is 0 Å². The highest BCUT2D eigenvalue weighted by Crippen LogP contribution is 2.27. The number of fused-ring (bicyclic) bond motifs is 1. The van der Waals surface area contributed by atoms with Crippen molar-refractivity contribution < 1.29 is 14.2 Å². The first-order valence-electron chi connectivity index (χ1n) is 9.83. The molecule has 0 amide bonds. The van der Waals surface area contributed by atoms with Crippen molar-refractivity contribution in [1.29, 1.82) is 0 Å². The molecule has 3 aromatic rings. The Labute approximate surface area is 169 Å². The summed E-state index contributed by atoms with van der Waals surface area (Å²) in [6.07, 6.45) is 2.70. The summed E-state index contributed by atoms with van der Waals surface area (Å²) in [5.74, 6) is 1.06. The van der Waals surface area contributed by atoms with Crippen molar-refractivity contribution in [2.24, 2.45) is 4.99 Å². The molecule has 1 heterocycles. The molecular formula is C22H27FN4O2. The molecule has 0 unspecified atom stereocenters. The molecule has 29 heavy (non-hydrogen) atoms. The van der Waals surface area contributed by atoms with E-state index in [4.69, 9.17) is 4.74 Å². The molecule has 0 fully saturated rings. The molecule has 0 aliphatic heterocycles.